The molecule has 2 aliphatic rings. The van der Waals surface area contributed by atoms with Gasteiger partial charge in [-0.25, -0.2) is 0 Å². The molecule has 2 heterocycles. The van der Waals surface area contributed by atoms with Crippen LogP contribution in [0.4, 0.5) is 5.69 Å². The average Bonchev–Trinajstić information content (AvgIpc) is 2.70. The van der Waals surface area contributed by atoms with Crippen molar-refractivity contribution in [3.8, 4) is 0 Å². The molecule has 1 unspecified atom stereocenters. The third-order valence-corrected chi connectivity index (χ3v) is 5.19. The van der Waals surface area contributed by atoms with E-state index >= 15 is 0 Å². The maximum Gasteiger partial charge on any atom is 0.193 e. The van der Waals surface area contributed by atoms with Crippen LogP contribution in [0, 0.1) is 5.92 Å². The summed E-state index contributed by atoms with van der Waals surface area (Å²) in [5, 5.41) is 3.58. The van der Waals surface area contributed by atoms with E-state index in [9.17, 15) is 0 Å². The lowest BCUT2D eigenvalue weighted by Crippen LogP contribution is -2.53. The molecule has 0 spiro atoms. The predicted octanol–water partition coefficient (Wildman–Crippen LogP) is 1.97. The predicted molar refractivity (Wildman–Crippen MR) is 123 cm³/mol. The minimum absolute atomic E-state index is 0. The van der Waals surface area contributed by atoms with Crippen LogP contribution in [0.3, 0.4) is 0 Å². The van der Waals surface area contributed by atoms with E-state index in [1.807, 2.05) is 7.05 Å². The Labute approximate surface area is 181 Å². The van der Waals surface area contributed by atoms with Gasteiger partial charge < -0.3 is 19.9 Å². The fourth-order valence-electron chi connectivity index (χ4n) is 3.70. The number of para-hydroxylation sites is 1. The average molecular weight is 487 g/mol. The Morgan fingerprint density at radius 2 is 1.74 bits per heavy atom. The summed E-state index contributed by atoms with van der Waals surface area (Å²) < 4.78 is 5.43. The molecule has 1 aromatic rings. The number of rotatable bonds is 5. The molecule has 0 amide bonds. The summed E-state index contributed by atoms with van der Waals surface area (Å²) >= 11 is 0. The zero-order valence-electron chi connectivity index (χ0n) is 16.6. The zero-order chi connectivity index (χ0) is 18.2. The third-order valence-electron chi connectivity index (χ3n) is 5.19. The number of hydrogen-bond donors (Lipinski definition) is 1. The van der Waals surface area contributed by atoms with Crippen molar-refractivity contribution in [3.05, 3.63) is 30.3 Å². The number of nitrogens with one attached hydrogen (secondary N) is 1. The van der Waals surface area contributed by atoms with E-state index in [-0.39, 0.29) is 24.0 Å². The van der Waals surface area contributed by atoms with Gasteiger partial charge in [0.25, 0.3) is 0 Å². The van der Waals surface area contributed by atoms with Crippen molar-refractivity contribution in [2.45, 2.75) is 6.92 Å². The Morgan fingerprint density at radius 3 is 2.37 bits per heavy atom. The van der Waals surface area contributed by atoms with Gasteiger partial charge in [-0.05, 0) is 18.1 Å². The number of halogens is 1. The van der Waals surface area contributed by atoms with Gasteiger partial charge >= 0.3 is 0 Å². The van der Waals surface area contributed by atoms with Crippen molar-refractivity contribution in [1.82, 2.24) is 15.1 Å². The normalized spacial score (nSPS) is 20.1. The summed E-state index contributed by atoms with van der Waals surface area (Å²) in [6.45, 7) is 12.3. The second-order valence-electron chi connectivity index (χ2n) is 7.26. The minimum Gasteiger partial charge on any atom is -0.379 e. The SMILES string of the molecule is CN=C(NCC(C)CN1CCOCC1)N1CCN(c2ccccc2)CC1.I. The van der Waals surface area contributed by atoms with Gasteiger partial charge in [0.2, 0.25) is 0 Å². The van der Waals surface area contributed by atoms with Crippen molar-refractivity contribution >= 4 is 35.6 Å². The minimum atomic E-state index is 0. The molecule has 7 heteroatoms. The standard InChI is InChI=1S/C20H33N5O.HI/c1-18(17-23-12-14-26-15-13-23)16-22-20(21-2)25-10-8-24(9-11-25)19-6-4-3-5-7-19;/h3-7,18H,8-17H2,1-2H3,(H,21,22);1H. The summed E-state index contributed by atoms with van der Waals surface area (Å²) in [4.78, 5) is 11.8. The second-order valence-corrected chi connectivity index (χ2v) is 7.26. The van der Waals surface area contributed by atoms with Crippen molar-refractivity contribution in [3.63, 3.8) is 0 Å². The zero-order valence-corrected chi connectivity index (χ0v) is 19.0. The van der Waals surface area contributed by atoms with Crippen LogP contribution in [0.15, 0.2) is 35.3 Å². The second kappa shape index (κ2) is 11.7. The van der Waals surface area contributed by atoms with Crippen molar-refractivity contribution in [2.75, 3.05) is 77.5 Å². The molecule has 152 valence electrons. The Balaban J connectivity index is 0.00000261. The van der Waals surface area contributed by atoms with Gasteiger partial charge in [0.1, 0.15) is 0 Å². The lowest BCUT2D eigenvalue weighted by Gasteiger charge is -2.38. The van der Waals surface area contributed by atoms with Gasteiger partial charge in [-0.3, -0.25) is 9.89 Å². The van der Waals surface area contributed by atoms with Crippen LogP contribution >= 0.6 is 24.0 Å². The fraction of sp³-hybridized carbons (Fsp3) is 0.650. The quantitative estimate of drug-likeness (QED) is 0.391. The van der Waals surface area contributed by atoms with Crippen LogP contribution in [-0.2, 0) is 4.74 Å². The van der Waals surface area contributed by atoms with E-state index in [0.29, 0.717) is 5.92 Å². The summed E-state index contributed by atoms with van der Waals surface area (Å²) in [5.74, 6) is 1.63. The molecule has 1 aromatic carbocycles. The van der Waals surface area contributed by atoms with Gasteiger partial charge in [-0.2, -0.15) is 0 Å². The van der Waals surface area contributed by atoms with Crippen LogP contribution in [0.1, 0.15) is 6.92 Å². The molecule has 1 N–H and O–H groups in total. The molecule has 6 nitrogen and oxygen atoms in total. The molecule has 3 rings (SSSR count). The van der Waals surface area contributed by atoms with Gasteiger partial charge in [-0.1, -0.05) is 25.1 Å². The highest BCUT2D eigenvalue weighted by Gasteiger charge is 2.20. The topological polar surface area (TPSA) is 43.3 Å². The summed E-state index contributed by atoms with van der Waals surface area (Å²) in [5.41, 5.74) is 1.31. The number of piperazine rings is 1. The van der Waals surface area contributed by atoms with E-state index in [4.69, 9.17) is 4.74 Å². The monoisotopic (exact) mass is 487 g/mol. The van der Waals surface area contributed by atoms with Crippen LogP contribution in [-0.4, -0.2) is 88.4 Å². The van der Waals surface area contributed by atoms with Crippen LogP contribution < -0.4 is 10.2 Å². The molecule has 0 aliphatic carbocycles. The molecular formula is C20H34IN5O. The number of nitrogens with zero attached hydrogens (tertiary/aromatic N) is 4. The molecule has 2 saturated heterocycles. The number of benzene rings is 1. The van der Waals surface area contributed by atoms with E-state index in [1.165, 1.54) is 5.69 Å². The van der Waals surface area contributed by atoms with E-state index in [2.05, 4.69) is 62.3 Å². The summed E-state index contributed by atoms with van der Waals surface area (Å²) in [6.07, 6.45) is 0. The van der Waals surface area contributed by atoms with Crippen LogP contribution in [0.5, 0.6) is 0 Å². The Kier molecular flexibility index (Phi) is 9.64. The first-order valence-electron chi connectivity index (χ1n) is 9.82. The number of guanidine groups is 1. The van der Waals surface area contributed by atoms with Crippen molar-refractivity contribution in [1.29, 1.82) is 0 Å². The molecule has 27 heavy (non-hydrogen) atoms. The first-order chi connectivity index (χ1) is 12.8. The third kappa shape index (κ3) is 6.80. The van der Waals surface area contributed by atoms with E-state index < -0.39 is 0 Å². The molecule has 0 aromatic heterocycles. The van der Waals surface area contributed by atoms with Gasteiger partial charge in [0.15, 0.2) is 5.96 Å². The van der Waals surface area contributed by atoms with E-state index in [1.54, 1.807) is 0 Å². The maximum absolute atomic E-state index is 5.43. The number of anilines is 1. The Bertz CT molecular complexity index is 557. The first kappa shape index (κ1) is 22.2. The first-order valence-corrected chi connectivity index (χ1v) is 9.82. The van der Waals surface area contributed by atoms with Gasteiger partial charge in [-0.15, -0.1) is 24.0 Å². The Morgan fingerprint density at radius 1 is 1.07 bits per heavy atom. The smallest absolute Gasteiger partial charge is 0.193 e. The lowest BCUT2D eigenvalue weighted by atomic mass is 10.1. The number of aliphatic imine (C=N–C) groups is 1. The molecule has 0 saturated carbocycles. The van der Waals surface area contributed by atoms with Gasteiger partial charge in [0, 0.05) is 65.1 Å². The highest BCUT2D eigenvalue weighted by Crippen LogP contribution is 2.15. The van der Waals surface area contributed by atoms with Gasteiger partial charge in [0.05, 0.1) is 13.2 Å². The van der Waals surface area contributed by atoms with Crippen LogP contribution in [0.2, 0.25) is 0 Å². The lowest BCUT2D eigenvalue weighted by molar-refractivity contribution is 0.0320. The molecule has 1 atom stereocenters. The van der Waals surface area contributed by atoms with Crippen LogP contribution in [0.25, 0.3) is 0 Å². The Hall–Kier alpha value is -1.06. The van der Waals surface area contributed by atoms with E-state index in [0.717, 1.165) is 71.5 Å². The van der Waals surface area contributed by atoms with Crippen molar-refractivity contribution < 1.29 is 4.74 Å². The molecule has 2 fully saturated rings. The largest absolute Gasteiger partial charge is 0.379 e. The molecule has 0 bridgehead atoms. The summed E-state index contributed by atoms with van der Waals surface area (Å²) in [7, 11) is 1.89. The fourth-order valence-corrected chi connectivity index (χ4v) is 3.70. The number of ether oxygens (including phenoxy) is 1. The highest BCUT2D eigenvalue weighted by molar-refractivity contribution is 14.0. The van der Waals surface area contributed by atoms with Crippen molar-refractivity contribution in [2.24, 2.45) is 10.9 Å². The number of hydrogen-bond acceptors (Lipinski definition) is 4. The molecule has 0 radical (unpaired) electrons. The maximum atomic E-state index is 5.43. The molecule has 2 aliphatic heterocycles. The number of morpholine rings is 1. The highest BCUT2D eigenvalue weighted by atomic mass is 127. The summed E-state index contributed by atoms with van der Waals surface area (Å²) in [6, 6.07) is 10.7. The molecular weight excluding hydrogens is 453 g/mol.